The number of hydrogen-bond donors (Lipinski definition) is 1. The number of thiophene rings is 1. The van der Waals surface area contributed by atoms with Gasteiger partial charge in [0.25, 0.3) is 5.91 Å². The molecule has 4 nitrogen and oxygen atoms in total. The van der Waals surface area contributed by atoms with Crippen LogP contribution in [0, 0.1) is 27.7 Å². The topological polar surface area (TPSA) is 55.4 Å². The van der Waals surface area contributed by atoms with Crippen LogP contribution in [0.3, 0.4) is 0 Å². The third-order valence-electron chi connectivity index (χ3n) is 4.64. The van der Waals surface area contributed by atoms with Crippen LogP contribution in [0.4, 0.5) is 5.69 Å². The fraction of sp³-hybridized carbons (Fsp3) is 0.200. The number of benzene rings is 2. The van der Waals surface area contributed by atoms with Crippen molar-refractivity contribution in [3.05, 3.63) is 86.6 Å². The van der Waals surface area contributed by atoms with Crippen molar-refractivity contribution < 1.29 is 14.3 Å². The minimum atomic E-state index is -0.522. The van der Waals surface area contributed by atoms with Gasteiger partial charge in [-0.15, -0.1) is 11.3 Å². The maximum atomic E-state index is 12.8. The SMILES string of the molecule is Cc1cccc(/C=C(/C(=O)OCC(=O)Nc2c(C)cc(C)cc2C)c2cccs2)c1. The smallest absolute Gasteiger partial charge is 0.340 e. The summed E-state index contributed by atoms with van der Waals surface area (Å²) in [6.07, 6.45) is 1.80. The second kappa shape index (κ2) is 9.55. The van der Waals surface area contributed by atoms with Crippen molar-refractivity contribution in [2.24, 2.45) is 0 Å². The second-order valence-electron chi connectivity index (χ2n) is 7.35. The van der Waals surface area contributed by atoms with Gasteiger partial charge in [0.15, 0.2) is 6.61 Å². The van der Waals surface area contributed by atoms with Crippen molar-refractivity contribution >= 4 is 40.5 Å². The summed E-state index contributed by atoms with van der Waals surface area (Å²) in [5.41, 5.74) is 6.30. The monoisotopic (exact) mass is 419 g/mol. The number of aryl methyl sites for hydroxylation is 4. The third-order valence-corrected chi connectivity index (χ3v) is 5.54. The van der Waals surface area contributed by atoms with E-state index in [0.29, 0.717) is 5.57 Å². The maximum absolute atomic E-state index is 12.8. The molecule has 0 aliphatic carbocycles. The molecule has 3 rings (SSSR count). The molecule has 154 valence electrons. The first-order chi connectivity index (χ1) is 14.3. The van der Waals surface area contributed by atoms with E-state index in [1.807, 2.05) is 81.6 Å². The van der Waals surface area contributed by atoms with Crippen LogP contribution in [-0.4, -0.2) is 18.5 Å². The zero-order chi connectivity index (χ0) is 21.7. The molecule has 0 aliphatic heterocycles. The Bertz CT molecular complexity index is 1070. The first-order valence-electron chi connectivity index (χ1n) is 9.70. The van der Waals surface area contributed by atoms with E-state index in [2.05, 4.69) is 5.32 Å². The zero-order valence-electron chi connectivity index (χ0n) is 17.6. The molecule has 2 aromatic carbocycles. The fourth-order valence-corrected chi connectivity index (χ4v) is 4.08. The highest BCUT2D eigenvalue weighted by Crippen LogP contribution is 2.25. The van der Waals surface area contributed by atoms with Crippen LogP contribution >= 0.6 is 11.3 Å². The summed E-state index contributed by atoms with van der Waals surface area (Å²) < 4.78 is 5.36. The van der Waals surface area contributed by atoms with Crippen molar-refractivity contribution in [2.75, 3.05) is 11.9 Å². The Balaban J connectivity index is 1.73. The molecule has 0 atom stereocenters. The van der Waals surface area contributed by atoms with Gasteiger partial charge in [0.2, 0.25) is 0 Å². The number of ether oxygens (including phenoxy) is 1. The predicted molar refractivity (Wildman–Crippen MR) is 124 cm³/mol. The minimum absolute atomic E-state index is 0.345. The summed E-state index contributed by atoms with van der Waals surface area (Å²) >= 11 is 1.46. The van der Waals surface area contributed by atoms with Crippen LogP contribution in [0.15, 0.2) is 53.9 Å². The molecule has 0 saturated carbocycles. The Labute approximate surface area is 181 Å². The van der Waals surface area contributed by atoms with Crippen molar-refractivity contribution in [1.29, 1.82) is 0 Å². The Morgan fingerprint density at radius 1 is 0.967 bits per heavy atom. The van der Waals surface area contributed by atoms with Crippen LogP contribution in [0.2, 0.25) is 0 Å². The fourth-order valence-electron chi connectivity index (χ4n) is 3.35. The molecule has 0 fully saturated rings. The number of carbonyl (C=O) groups is 2. The van der Waals surface area contributed by atoms with Crippen LogP contribution in [-0.2, 0) is 14.3 Å². The van der Waals surface area contributed by atoms with Crippen LogP contribution < -0.4 is 5.32 Å². The van der Waals surface area contributed by atoms with E-state index >= 15 is 0 Å². The molecule has 0 aliphatic rings. The summed E-state index contributed by atoms with van der Waals surface area (Å²) in [4.78, 5) is 26.0. The van der Waals surface area contributed by atoms with Gasteiger partial charge in [-0.05, 0) is 61.9 Å². The number of carbonyl (C=O) groups excluding carboxylic acids is 2. The van der Waals surface area contributed by atoms with E-state index in [-0.39, 0.29) is 12.5 Å². The molecule has 0 bridgehead atoms. The standard InChI is InChI=1S/C25H25NO3S/c1-16-7-5-8-20(13-16)14-21(22-9-6-10-30-22)25(28)29-15-23(27)26-24-18(3)11-17(2)12-19(24)4/h5-14H,15H2,1-4H3,(H,26,27)/b21-14+. The molecule has 5 heteroatoms. The van der Waals surface area contributed by atoms with Crippen molar-refractivity contribution in [3.63, 3.8) is 0 Å². The Kier molecular flexibility index (Phi) is 6.85. The third kappa shape index (κ3) is 5.45. The van der Waals surface area contributed by atoms with Gasteiger partial charge in [0.1, 0.15) is 0 Å². The maximum Gasteiger partial charge on any atom is 0.340 e. The molecule has 1 N–H and O–H groups in total. The highest BCUT2D eigenvalue weighted by Gasteiger charge is 2.17. The minimum Gasteiger partial charge on any atom is -0.452 e. The first kappa shape index (κ1) is 21.5. The van der Waals surface area contributed by atoms with Gasteiger partial charge in [0.05, 0.1) is 5.57 Å². The molecule has 1 aromatic heterocycles. The highest BCUT2D eigenvalue weighted by molar-refractivity contribution is 7.11. The predicted octanol–water partition coefficient (Wildman–Crippen LogP) is 5.70. The number of amides is 1. The average Bonchev–Trinajstić information content (AvgIpc) is 3.21. The molecule has 1 amide bonds. The second-order valence-corrected chi connectivity index (χ2v) is 8.30. The first-order valence-corrected chi connectivity index (χ1v) is 10.6. The van der Waals surface area contributed by atoms with Gasteiger partial charge < -0.3 is 10.1 Å². The lowest BCUT2D eigenvalue weighted by atomic mass is 10.1. The van der Waals surface area contributed by atoms with Gasteiger partial charge in [-0.2, -0.15) is 0 Å². The molecule has 1 heterocycles. The summed E-state index contributed by atoms with van der Waals surface area (Å²) in [5, 5.41) is 4.76. The van der Waals surface area contributed by atoms with Crippen molar-refractivity contribution in [2.45, 2.75) is 27.7 Å². The van der Waals surface area contributed by atoms with Crippen molar-refractivity contribution in [1.82, 2.24) is 0 Å². The molecule has 0 saturated heterocycles. The lowest BCUT2D eigenvalue weighted by molar-refractivity contribution is -0.141. The van der Waals surface area contributed by atoms with Gasteiger partial charge in [-0.1, -0.05) is 53.6 Å². The number of rotatable bonds is 6. The van der Waals surface area contributed by atoms with E-state index < -0.39 is 5.97 Å². The molecule has 0 radical (unpaired) electrons. The molecule has 30 heavy (non-hydrogen) atoms. The lowest BCUT2D eigenvalue weighted by Crippen LogP contribution is -2.22. The number of hydrogen-bond acceptors (Lipinski definition) is 4. The van der Waals surface area contributed by atoms with E-state index in [1.165, 1.54) is 11.3 Å². The number of nitrogens with one attached hydrogen (secondary N) is 1. The zero-order valence-corrected chi connectivity index (χ0v) is 18.4. The lowest BCUT2D eigenvalue weighted by Gasteiger charge is -2.13. The van der Waals surface area contributed by atoms with Gasteiger partial charge in [0, 0.05) is 10.6 Å². The Morgan fingerprint density at radius 2 is 1.70 bits per heavy atom. The Hall–Kier alpha value is -3.18. The average molecular weight is 420 g/mol. The summed E-state index contributed by atoms with van der Waals surface area (Å²) in [6.45, 7) is 7.56. The summed E-state index contributed by atoms with van der Waals surface area (Å²) in [7, 11) is 0. The van der Waals surface area contributed by atoms with Gasteiger partial charge in [-0.3, -0.25) is 4.79 Å². The van der Waals surface area contributed by atoms with Crippen LogP contribution in [0.5, 0.6) is 0 Å². The van der Waals surface area contributed by atoms with Gasteiger partial charge >= 0.3 is 5.97 Å². The summed E-state index contributed by atoms with van der Waals surface area (Å²) in [6, 6.07) is 15.6. The molecular weight excluding hydrogens is 394 g/mol. The van der Waals surface area contributed by atoms with E-state index in [4.69, 9.17) is 4.74 Å². The van der Waals surface area contributed by atoms with E-state index in [9.17, 15) is 9.59 Å². The number of esters is 1. The quantitative estimate of drug-likeness (QED) is 0.412. The normalized spacial score (nSPS) is 11.3. The van der Waals surface area contributed by atoms with E-state index in [0.717, 1.165) is 38.4 Å². The molecule has 3 aromatic rings. The largest absolute Gasteiger partial charge is 0.452 e. The molecular formula is C25H25NO3S. The number of anilines is 1. The Morgan fingerprint density at radius 3 is 2.33 bits per heavy atom. The van der Waals surface area contributed by atoms with Crippen molar-refractivity contribution in [3.8, 4) is 0 Å². The molecule has 0 spiro atoms. The summed E-state index contributed by atoms with van der Waals surface area (Å²) in [5.74, 6) is -0.883. The van der Waals surface area contributed by atoms with Crippen LogP contribution in [0.25, 0.3) is 11.6 Å². The molecule has 0 unspecified atom stereocenters. The van der Waals surface area contributed by atoms with E-state index in [1.54, 1.807) is 6.08 Å². The van der Waals surface area contributed by atoms with Crippen LogP contribution in [0.1, 0.15) is 32.7 Å². The van der Waals surface area contributed by atoms with Gasteiger partial charge in [-0.25, -0.2) is 4.79 Å². The highest BCUT2D eigenvalue weighted by atomic mass is 32.1.